The number of para-hydroxylation sites is 1. The van der Waals surface area contributed by atoms with Gasteiger partial charge in [0.2, 0.25) is 0 Å². The van der Waals surface area contributed by atoms with E-state index in [1.54, 1.807) is 0 Å². The summed E-state index contributed by atoms with van der Waals surface area (Å²) in [6.07, 6.45) is 1.68. The summed E-state index contributed by atoms with van der Waals surface area (Å²) >= 11 is 1.22. The molecule has 0 aliphatic heterocycles. The molecule has 0 saturated heterocycles. The van der Waals surface area contributed by atoms with Crippen LogP contribution >= 0.6 is 11.8 Å². The molecule has 1 N–H and O–H groups in total. The molecule has 8 heteroatoms. The SMILES string of the molecule is CCC(CC)NC(=O)COC(=O)CSc1nnc(-c2ccccc2)n1-c1ccccc1. The Balaban J connectivity index is 1.67. The number of rotatable bonds is 10. The lowest BCUT2D eigenvalue weighted by Crippen LogP contribution is -2.37. The molecule has 0 bridgehead atoms. The number of ether oxygens (including phenoxy) is 1. The van der Waals surface area contributed by atoms with Crippen molar-refractivity contribution in [1.82, 2.24) is 20.1 Å². The van der Waals surface area contributed by atoms with E-state index in [1.165, 1.54) is 11.8 Å². The average Bonchev–Trinajstić information content (AvgIpc) is 3.25. The summed E-state index contributed by atoms with van der Waals surface area (Å²) in [5.74, 6) is -0.0514. The standard InChI is InChI=1S/C23H26N4O3S/c1-3-18(4-2)24-20(28)15-30-21(29)16-31-23-26-25-22(17-11-7-5-8-12-17)27(23)19-13-9-6-10-14-19/h5-14,18H,3-4,15-16H2,1-2H3,(H,24,28). The molecule has 0 aliphatic carbocycles. The van der Waals surface area contributed by atoms with E-state index in [4.69, 9.17) is 4.74 Å². The van der Waals surface area contributed by atoms with Gasteiger partial charge in [0.15, 0.2) is 17.6 Å². The van der Waals surface area contributed by atoms with E-state index in [2.05, 4.69) is 15.5 Å². The van der Waals surface area contributed by atoms with Gasteiger partial charge in [0.05, 0.1) is 5.75 Å². The van der Waals surface area contributed by atoms with Crippen molar-refractivity contribution in [3.05, 3.63) is 60.7 Å². The minimum absolute atomic E-state index is 0.0258. The molecule has 0 atom stereocenters. The van der Waals surface area contributed by atoms with E-state index < -0.39 is 5.97 Å². The Bertz CT molecular complexity index is 989. The molecule has 3 rings (SSSR count). The second kappa shape index (κ2) is 11.3. The number of nitrogens with zero attached hydrogens (tertiary/aromatic N) is 3. The van der Waals surface area contributed by atoms with Gasteiger partial charge in [0.25, 0.3) is 5.91 Å². The molecular weight excluding hydrogens is 412 g/mol. The number of nitrogens with one attached hydrogen (secondary N) is 1. The van der Waals surface area contributed by atoms with Gasteiger partial charge >= 0.3 is 5.97 Å². The van der Waals surface area contributed by atoms with Crippen LogP contribution in [0.3, 0.4) is 0 Å². The smallest absolute Gasteiger partial charge is 0.316 e. The number of hydrogen-bond acceptors (Lipinski definition) is 6. The number of aromatic nitrogens is 3. The van der Waals surface area contributed by atoms with Crippen molar-refractivity contribution in [2.75, 3.05) is 12.4 Å². The third-order valence-electron chi connectivity index (χ3n) is 4.71. The van der Waals surface area contributed by atoms with E-state index >= 15 is 0 Å². The summed E-state index contributed by atoms with van der Waals surface area (Å²) in [6, 6.07) is 19.6. The number of hydrogen-bond donors (Lipinski definition) is 1. The van der Waals surface area contributed by atoms with E-state index in [0.717, 1.165) is 24.1 Å². The number of carbonyl (C=O) groups is 2. The van der Waals surface area contributed by atoms with Crippen molar-refractivity contribution in [1.29, 1.82) is 0 Å². The normalized spacial score (nSPS) is 10.8. The van der Waals surface area contributed by atoms with Gasteiger partial charge in [0, 0.05) is 17.3 Å². The van der Waals surface area contributed by atoms with Crippen molar-refractivity contribution >= 4 is 23.6 Å². The van der Waals surface area contributed by atoms with Crippen LogP contribution in [0.5, 0.6) is 0 Å². The molecule has 0 saturated carbocycles. The zero-order chi connectivity index (χ0) is 22.1. The van der Waals surface area contributed by atoms with Crippen molar-refractivity contribution < 1.29 is 14.3 Å². The van der Waals surface area contributed by atoms with E-state index in [0.29, 0.717) is 11.0 Å². The van der Waals surface area contributed by atoms with E-state index in [-0.39, 0.29) is 24.3 Å². The van der Waals surface area contributed by atoms with Crippen molar-refractivity contribution in [2.45, 2.75) is 37.9 Å². The lowest BCUT2D eigenvalue weighted by Gasteiger charge is -2.14. The minimum atomic E-state index is -0.478. The Kier molecular flexibility index (Phi) is 8.23. The third-order valence-corrected chi connectivity index (χ3v) is 5.62. The van der Waals surface area contributed by atoms with Gasteiger partial charge in [-0.1, -0.05) is 74.1 Å². The fourth-order valence-electron chi connectivity index (χ4n) is 3.02. The monoisotopic (exact) mass is 438 g/mol. The van der Waals surface area contributed by atoms with Gasteiger partial charge in [0.1, 0.15) is 0 Å². The summed E-state index contributed by atoms with van der Waals surface area (Å²) in [5.41, 5.74) is 1.82. The summed E-state index contributed by atoms with van der Waals surface area (Å²) < 4.78 is 7.03. The topological polar surface area (TPSA) is 86.1 Å². The van der Waals surface area contributed by atoms with Crippen molar-refractivity contribution in [2.24, 2.45) is 0 Å². The van der Waals surface area contributed by atoms with Crippen LogP contribution in [-0.4, -0.2) is 45.0 Å². The highest BCUT2D eigenvalue weighted by Crippen LogP contribution is 2.27. The Labute approximate surface area is 186 Å². The Morgan fingerprint density at radius 2 is 1.65 bits per heavy atom. The summed E-state index contributed by atoms with van der Waals surface area (Å²) in [7, 11) is 0. The first-order chi connectivity index (χ1) is 15.1. The number of benzene rings is 2. The second-order valence-electron chi connectivity index (χ2n) is 6.87. The summed E-state index contributed by atoms with van der Waals surface area (Å²) in [4.78, 5) is 24.1. The molecule has 0 radical (unpaired) electrons. The van der Waals surface area contributed by atoms with Crippen LogP contribution in [0.4, 0.5) is 0 Å². The summed E-state index contributed by atoms with van der Waals surface area (Å²) in [5, 5.41) is 12.0. The maximum absolute atomic E-state index is 12.2. The average molecular weight is 439 g/mol. The molecular formula is C23H26N4O3S. The zero-order valence-electron chi connectivity index (χ0n) is 17.7. The van der Waals surface area contributed by atoms with Crippen LogP contribution in [0.2, 0.25) is 0 Å². The molecule has 0 fully saturated rings. The van der Waals surface area contributed by atoms with E-state index in [1.807, 2.05) is 79.1 Å². The maximum Gasteiger partial charge on any atom is 0.316 e. The van der Waals surface area contributed by atoms with Gasteiger partial charge in [-0.05, 0) is 25.0 Å². The molecule has 0 spiro atoms. The largest absolute Gasteiger partial charge is 0.455 e. The van der Waals surface area contributed by atoms with Crippen molar-refractivity contribution in [3.63, 3.8) is 0 Å². The molecule has 2 aromatic carbocycles. The first kappa shape index (κ1) is 22.6. The highest BCUT2D eigenvalue weighted by Gasteiger charge is 2.18. The molecule has 162 valence electrons. The molecule has 0 unspecified atom stereocenters. The quantitative estimate of drug-likeness (QED) is 0.382. The van der Waals surface area contributed by atoms with Gasteiger partial charge < -0.3 is 10.1 Å². The zero-order valence-corrected chi connectivity index (χ0v) is 18.5. The van der Waals surface area contributed by atoms with Crippen LogP contribution in [0.1, 0.15) is 26.7 Å². The fraction of sp³-hybridized carbons (Fsp3) is 0.304. The lowest BCUT2D eigenvalue weighted by atomic mass is 10.2. The van der Waals surface area contributed by atoms with Crippen molar-refractivity contribution in [3.8, 4) is 17.1 Å². The van der Waals surface area contributed by atoms with Crippen LogP contribution in [0.15, 0.2) is 65.8 Å². The van der Waals surface area contributed by atoms with Gasteiger partial charge in [-0.15, -0.1) is 10.2 Å². The molecule has 1 heterocycles. The first-order valence-corrected chi connectivity index (χ1v) is 11.2. The van der Waals surface area contributed by atoms with Crippen LogP contribution in [0, 0.1) is 0 Å². The van der Waals surface area contributed by atoms with Gasteiger partial charge in [-0.3, -0.25) is 14.2 Å². The van der Waals surface area contributed by atoms with Crippen LogP contribution < -0.4 is 5.32 Å². The number of carbonyl (C=O) groups excluding carboxylic acids is 2. The number of thioether (sulfide) groups is 1. The number of amides is 1. The minimum Gasteiger partial charge on any atom is -0.455 e. The Hall–Kier alpha value is -3.13. The predicted molar refractivity (Wildman–Crippen MR) is 121 cm³/mol. The Morgan fingerprint density at radius 1 is 1.00 bits per heavy atom. The molecule has 7 nitrogen and oxygen atoms in total. The molecule has 31 heavy (non-hydrogen) atoms. The third kappa shape index (κ3) is 6.18. The Morgan fingerprint density at radius 3 is 2.29 bits per heavy atom. The number of esters is 1. The maximum atomic E-state index is 12.2. The van der Waals surface area contributed by atoms with Gasteiger partial charge in [-0.25, -0.2) is 0 Å². The lowest BCUT2D eigenvalue weighted by molar-refractivity contribution is -0.146. The van der Waals surface area contributed by atoms with Gasteiger partial charge in [-0.2, -0.15) is 0 Å². The summed E-state index contributed by atoms with van der Waals surface area (Å²) in [6.45, 7) is 3.73. The second-order valence-corrected chi connectivity index (χ2v) is 7.82. The molecule has 1 aromatic heterocycles. The molecule has 1 amide bonds. The highest BCUT2D eigenvalue weighted by molar-refractivity contribution is 7.99. The molecule has 3 aromatic rings. The van der Waals surface area contributed by atoms with Crippen LogP contribution in [0.25, 0.3) is 17.1 Å². The first-order valence-electron chi connectivity index (χ1n) is 10.3. The van der Waals surface area contributed by atoms with E-state index in [9.17, 15) is 9.59 Å². The molecule has 0 aliphatic rings. The van der Waals surface area contributed by atoms with Crippen LogP contribution in [-0.2, 0) is 14.3 Å². The highest BCUT2D eigenvalue weighted by atomic mass is 32.2. The predicted octanol–water partition coefficient (Wildman–Crippen LogP) is 3.87. The fourth-order valence-corrected chi connectivity index (χ4v) is 3.77.